The zero-order valence-electron chi connectivity index (χ0n) is 8.19. The van der Waals surface area contributed by atoms with Gasteiger partial charge in [0.2, 0.25) is 0 Å². The molecular formula is C9H14BrCuNO. The largest absolute Gasteiger partial charge is 0.311 e. The molecule has 0 bridgehead atoms. The Bertz CT molecular complexity index is 193. The van der Waals surface area contributed by atoms with Crippen molar-refractivity contribution in [2.24, 2.45) is 0 Å². The van der Waals surface area contributed by atoms with Crippen molar-refractivity contribution in [3.05, 3.63) is 29.1 Å². The summed E-state index contributed by atoms with van der Waals surface area (Å²) in [5.74, 6) is 0. The van der Waals surface area contributed by atoms with Gasteiger partial charge in [0.25, 0.3) is 0 Å². The van der Waals surface area contributed by atoms with E-state index in [-0.39, 0.29) is 17.1 Å². The van der Waals surface area contributed by atoms with Gasteiger partial charge in [-0.25, -0.2) is 0 Å². The van der Waals surface area contributed by atoms with E-state index in [9.17, 15) is 0 Å². The summed E-state index contributed by atoms with van der Waals surface area (Å²) in [5.41, 5.74) is 3.50. The normalized spacial score (nSPS) is 8.08. The first-order valence-corrected chi connectivity index (χ1v) is 4.31. The van der Waals surface area contributed by atoms with Crippen LogP contribution in [-0.2, 0) is 20.9 Å². The van der Waals surface area contributed by atoms with Crippen molar-refractivity contribution in [1.82, 2.24) is 4.98 Å². The van der Waals surface area contributed by atoms with Crippen LogP contribution >= 0.6 is 16.3 Å². The van der Waals surface area contributed by atoms with E-state index in [1.54, 1.807) is 7.11 Å². The molecular weight excluding hydrogens is 282 g/mol. The molecule has 0 atom stereocenters. The van der Waals surface area contributed by atoms with Crippen LogP contribution in [0.25, 0.3) is 0 Å². The third-order valence-corrected chi connectivity index (χ3v) is 1.23. The minimum absolute atomic E-state index is 0. The molecule has 0 saturated heterocycles. The Morgan fingerprint density at radius 2 is 1.46 bits per heavy atom. The molecule has 0 amide bonds. The van der Waals surface area contributed by atoms with E-state index in [1.807, 2.05) is 13.8 Å². The van der Waals surface area contributed by atoms with Crippen LogP contribution in [0.2, 0.25) is 0 Å². The standard InChI is InChI=1S/C8H11N.CH3BrO.Cu/c1-6-4-7(2)9-8(3)5-6;1-3-2;/h4-5H,1-3H3;1H3;. The van der Waals surface area contributed by atoms with E-state index in [1.165, 1.54) is 5.56 Å². The molecule has 1 aromatic heterocycles. The van der Waals surface area contributed by atoms with Crippen molar-refractivity contribution in [2.45, 2.75) is 20.8 Å². The van der Waals surface area contributed by atoms with Crippen molar-refractivity contribution in [3.63, 3.8) is 0 Å². The zero-order valence-corrected chi connectivity index (χ0v) is 10.7. The zero-order chi connectivity index (χ0) is 9.56. The first-order chi connectivity index (χ1) is 5.60. The fourth-order valence-electron chi connectivity index (χ4n) is 1.04. The predicted octanol–water partition coefficient (Wildman–Crippen LogP) is 2.95. The van der Waals surface area contributed by atoms with Crippen LogP contribution in [0.5, 0.6) is 0 Å². The van der Waals surface area contributed by atoms with E-state index in [0.29, 0.717) is 0 Å². The predicted molar refractivity (Wildman–Crippen MR) is 54.4 cm³/mol. The Hall–Kier alpha value is 0.109. The number of hydrogen-bond acceptors (Lipinski definition) is 2. The molecule has 1 aromatic rings. The van der Waals surface area contributed by atoms with Gasteiger partial charge in [0, 0.05) is 28.5 Å². The second kappa shape index (κ2) is 8.70. The molecule has 1 rings (SSSR count). The molecule has 2 nitrogen and oxygen atoms in total. The number of nitrogens with zero attached hydrogens (tertiary/aromatic N) is 1. The molecule has 0 aliphatic rings. The van der Waals surface area contributed by atoms with Gasteiger partial charge in [-0.05, 0) is 38.5 Å². The molecule has 0 N–H and O–H groups in total. The van der Waals surface area contributed by atoms with Crippen LogP contribution in [0.3, 0.4) is 0 Å². The monoisotopic (exact) mass is 294 g/mol. The number of pyridine rings is 1. The van der Waals surface area contributed by atoms with Crippen molar-refractivity contribution in [1.29, 1.82) is 0 Å². The van der Waals surface area contributed by atoms with Gasteiger partial charge < -0.3 is 3.83 Å². The van der Waals surface area contributed by atoms with Crippen molar-refractivity contribution >= 4 is 16.3 Å². The molecule has 1 heterocycles. The van der Waals surface area contributed by atoms with E-state index < -0.39 is 0 Å². The first-order valence-electron chi connectivity index (χ1n) is 3.66. The Kier molecular flexibility index (Phi) is 10.4. The number of halogens is 1. The van der Waals surface area contributed by atoms with E-state index in [0.717, 1.165) is 11.4 Å². The Labute approximate surface area is 99.0 Å². The summed E-state index contributed by atoms with van der Waals surface area (Å²) in [5, 5.41) is 0. The summed E-state index contributed by atoms with van der Waals surface area (Å²) >= 11 is 2.65. The number of rotatable bonds is 0. The maximum atomic E-state index is 4.23. The maximum absolute atomic E-state index is 4.23. The van der Waals surface area contributed by atoms with Crippen LogP contribution < -0.4 is 0 Å². The first kappa shape index (κ1) is 15.6. The number of aromatic nitrogens is 1. The van der Waals surface area contributed by atoms with Crippen molar-refractivity contribution < 1.29 is 20.9 Å². The summed E-state index contributed by atoms with van der Waals surface area (Å²) in [6, 6.07) is 4.15. The smallest absolute Gasteiger partial charge is 0.0984 e. The van der Waals surface area contributed by atoms with Gasteiger partial charge in [-0.2, -0.15) is 0 Å². The third kappa shape index (κ3) is 8.44. The van der Waals surface area contributed by atoms with Gasteiger partial charge in [0.1, 0.15) is 0 Å². The second-order valence-corrected chi connectivity index (χ2v) is 3.23. The van der Waals surface area contributed by atoms with Crippen molar-refractivity contribution in [2.75, 3.05) is 7.11 Å². The molecule has 0 saturated carbocycles. The summed E-state index contributed by atoms with van der Waals surface area (Å²) in [4.78, 5) is 4.23. The van der Waals surface area contributed by atoms with Gasteiger partial charge in [-0.1, -0.05) is 0 Å². The summed E-state index contributed by atoms with van der Waals surface area (Å²) in [7, 11) is 1.54. The van der Waals surface area contributed by atoms with Crippen LogP contribution in [0.15, 0.2) is 12.1 Å². The van der Waals surface area contributed by atoms with Gasteiger partial charge in [-0.15, -0.1) is 0 Å². The van der Waals surface area contributed by atoms with Crippen LogP contribution in [-0.4, -0.2) is 12.1 Å². The summed E-state index contributed by atoms with van der Waals surface area (Å²) < 4.78 is 4.06. The summed E-state index contributed by atoms with van der Waals surface area (Å²) in [6.45, 7) is 6.11. The van der Waals surface area contributed by atoms with Crippen LogP contribution in [0.1, 0.15) is 17.0 Å². The fraction of sp³-hybridized carbons (Fsp3) is 0.444. The number of hydrogen-bond donors (Lipinski definition) is 0. The third-order valence-electron chi connectivity index (χ3n) is 1.23. The van der Waals surface area contributed by atoms with Gasteiger partial charge in [-0.3, -0.25) is 4.98 Å². The van der Waals surface area contributed by atoms with E-state index in [4.69, 9.17) is 0 Å². The second-order valence-electron chi connectivity index (χ2n) is 2.58. The Morgan fingerprint density at radius 1 is 1.15 bits per heavy atom. The molecule has 0 aromatic carbocycles. The average Bonchev–Trinajstić information content (AvgIpc) is 1.84. The van der Waals surface area contributed by atoms with E-state index in [2.05, 4.69) is 44.1 Å². The Balaban J connectivity index is 0. The van der Waals surface area contributed by atoms with Crippen molar-refractivity contribution in [3.8, 4) is 0 Å². The molecule has 1 radical (unpaired) electrons. The van der Waals surface area contributed by atoms with E-state index >= 15 is 0 Å². The molecule has 4 heteroatoms. The van der Waals surface area contributed by atoms with Crippen LogP contribution in [0, 0.1) is 20.8 Å². The molecule has 79 valence electrons. The van der Waals surface area contributed by atoms with Gasteiger partial charge in [0.05, 0.1) is 23.4 Å². The molecule has 0 aliphatic heterocycles. The average molecular weight is 296 g/mol. The number of aryl methyl sites for hydroxylation is 3. The van der Waals surface area contributed by atoms with Crippen LogP contribution in [0.4, 0.5) is 0 Å². The fourth-order valence-corrected chi connectivity index (χ4v) is 1.04. The van der Waals surface area contributed by atoms with Gasteiger partial charge >= 0.3 is 0 Å². The summed E-state index contributed by atoms with van der Waals surface area (Å²) in [6.07, 6.45) is 0. The molecule has 0 fully saturated rings. The SMILES string of the molecule is COBr.Cc1cc(C)nc(C)c1.[Cu]. The molecule has 0 spiro atoms. The Morgan fingerprint density at radius 3 is 1.69 bits per heavy atom. The molecule has 0 aliphatic carbocycles. The van der Waals surface area contributed by atoms with Gasteiger partial charge in [0.15, 0.2) is 0 Å². The molecule has 13 heavy (non-hydrogen) atoms. The quantitative estimate of drug-likeness (QED) is 0.687. The molecule has 0 unspecified atom stereocenters. The topological polar surface area (TPSA) is 22.1 Å². The minimum Gasteiger partial charge on any atom is -0.311 e. The minimum atomic E-state index is 0. The maximum Gasteiger partial charge on any atom is 0.0984 e.